The second-order valence-corrected chi connectivity index (χ2v) is 6.09. The highest BCUT2D eigenvalue weighted by atomic mass is 19.4. The molecule has 2 N–H and O–H groups in total. The summed E-state index contributed by atoms with van der Waals surface area (Å²) in [5.74, 6) is -0.661. The lowest BCUT2D eigenvalue weighted by molar-refractivity contribution is -0.205. The van der Waals surface area contributed by atoms with Gasteiger partial charge in [0.05, 0.1) is 6.61 Å². The van der Waals surface area contributed by atoms with Crippen LogP contribution in [0.5, 0.6) is 0 Å². The quantitative estimate of drug-likeness (QED) is 0.683. The molecule has 1 atom stereocenters. The Morgan fingerprint density at radius 1 is 1.25 bits per heavy atom. The minimum atomic E-state index is -4.73. The second-order valence-electron chi connectivity index (χ2n) is 6.09. The molecule has 0 bridgehead atoms. The van der Waals surface area contributed by atoms with E-state index in [-0.39, 0.29) is 26.2 Å². The summed E-state index contributed by atoms with van der Waals surface area (Å²) in [6, 6.07) is 0. The first-order chi connectivity index (χ1) is 10.9. The molecule has 2 amide bonds. The number of ether oxygens (including phenoxy) is 2. The zero-order valence-electron chi connectivity index (χ0n) is 14.3. The smallest absolute Gasteiger partial charge is 0.414 e. The van der Waals surface area contributed by atoms with Crippen LogP contribution < -0.4 is 5.32 Å². The number of aliphatic hydroxyl groups excluding tert-OH is 1. The fourth-order valence-electron chi connectivity index (χ4n) is 1.50. The molecule has 0 aromatic carbocycles. The van der Waals surface area contributed by atoms with Crippen molar-refractivity contribution in [2.24, 2.45) is 0 Å². The van der Waals surface area contributed by atoms with Gasteiger partial charge in [0.1, 0.15) is 12.1 Å². The number of carbonyl (C=O) groups excluding carboxylic acids is 2. The lowest BCUT2D eigenvalue weighted by atomic mass is 10.2. The van der Waals surface area contributed by atoms with E-state index in [4.69, 9.17) is 14.6 Å². The number of nitrogens with one attached hydrogen (secondary N) is 1. The van der Waals surface area contributed by atoms with Gasteiger partial charge in [-0.05, 0) is 27.2 Å². The maximum absolute atomic E-state index is 12.1. The van der Waals surface area contributed by atoms with Gasteiger partial charge in [-0.1, -0.05) is 0 Å². The SMILES string of the molecule is COCCN(CC(=O)NCC[C@@H](O)C(F)(F)F)C(=O)OC(C)(C)C. The molecule has 7 nitrogen and oxygen atoms in total. The van der Waals surface area contributed by atoms with Crippen LogP contribution in [-0.4, -0.2) is 73.2 Å². The topological polar surface area (TPSA) is 88.1 Å². The van der Waals surface area contributed by atoms with Crippen LogP contribution in [0.25, 0.3) is 0 Å². The van der Waals surface area contributed by atoms with Gasteiger partial charge in [0.25, 0.3) is 0 Å². The Balaban J connectivity index is 4.46. The number of halogens is 3. The number of aliphatic hydroxyl groups is 1. The zero-order chi connectivity index (χ0) is 19.0. The normalized spacial score (nSPS) is 13.3. The molecule has 0 saturated carbocycles. The Labute approximate surface area is 139 Å². The van der Waals surface area contributed by atoms with Gasteiger partial charge >= 0.3 is 12.3 Å². The third-order valence-electron chi connectivity index (χ3n) is 2.67. The molecule has 0 spiro atoms. The van der Waals surface area contributed by atoms with Crippen LogP contribution in [-0.2, 0) is 14.3 Å². The fraction of sp³-hybridized carbons (Fsp3) is 0.857. The summed E-state index contributed by atoms with van der Waals surface area (Å²) in [5.41, 5.74) is -0.754. The standard InChI is InChI=1S/C14H25F3N2O5/c1-13(2,3)24-12(22)19(7-8-23-4)9-11(21)18-6-5-10(20)14(15,16)17/h10,20H,5-9H2,1-4H3,(H,18,21)/t10-/m1/s1. The highest BCUT2D eigenvalue weighted by Gasteiger charge is 2.37. The molecular weight excluding hydrogens is 333 g/mol. The average molecular weight is 358 g/mol. The van der Waals surface area contributed by atoms with Crippen molar-refractivity contribution in [1.82, 2.24) is 10.2 Å². The van der Waals surface area contributed by atoms with Gasteiger partial charge in [-0.2, -0.15) is 13.2 Å². The van der Waals surface area contributed by atoms with E-state index < -0.39 is 36.3 Å². The first-order valence-electron chi connectivity index (χ1n) is 7.35. The van der Waals surface area contributed by atoms with Gasteiger partial charge in [-0.15, -0.1) is 0 Å². The summed E-state index contributed by atoms with van der Waals surface area (Å²) in [6.45, 7) is 4.49. The number of methoxy groups -OCH3 is 1. The number of rotatable bonds is 8. The highest BCUT2D eigenvalue weighted by Crippen LogP contribution is 2.21. The Hall–Kier alpha value is -1.55. The molecule has 10 heteroatoms. The molecule has 0 aliphatic heterocycles. The zero-order valence-corrected chi connectivity index (χ0v) is 14.3. The third kappa shape index (κ3) is 10.3. The van der Waals surface area contributed by atoms with Crippen LogP contribution in [0.3, 0.4) is 0 Å². The summed E-state index contributed by atoms with van der Waals surface area (Å²) in [7, 11) is 1.42. The maximum atomic E-state index is 12.1. The lowest BCUT2D eigenvalue weighted by Crippen LogP contribution is -2.45. The number of hydrogen-bond acceptors (Lipinski definition) is 5. The molecule has 0 aromatic heterocycles. The van der Waals surface area contributed by atoms with E-state index in [1.54, 1.807) is 20.8 Å². The van der Waals surface area contributed by atoms with Crippen molar-refractivity contribution >= 4 is 12.0 Å². The molecule has 142 valence electrons. The Kier molecular flexibility index (Phi) is 9.05. The van der Waals surface area contributed by atoms with Crippen LogP contribution >= 0.6 is 0 Å². The minimum absolute atomic E-state index is 0.0873. The van der Waals surface area contributed by atoms with Crippen LogP contribution in [0.15, 0.2) is 0 Å². The number of alkyl halides is 3. The maximum Gasteiger partial charge on any atom is 0.414 e. The molecule has 0 aliphatic rings. The summed E-state index contributed by atoms with van der Waals surface area (Å²) in [5, 5.41) is 11.1. The predicted octanol–water partition coefficient (Wildman–Crippen LogP) is 1.30. The highest BCUT2D eigenvalue weighted by molar-refractivity contribution is 5.82. The Morgan fingerprint density at radius 2 is 1.83 bits per heavy atom. The first kappa shape index (κ1) is 22.4. The Bertz CT molecular complexity index is 410. The van der Waals surface area contributed by atoms with Gasteiger partial charge in [0.15, 0.2) is 6.10 Å². The van der Waals surface area contributed by atoms with Crippen molar-refractivity contribution < 1.29 is 37.3 Å². The summed E-state index contributed by atoms with van der Waals surface area (Å²) in [6.07, 6.45) is -8.64. The molecule has 0 heterocycles. The third-order valence-corrected chi connectivity index (χ3v) is 2.67. The largest absolute Gasteiger partial charge is 0.444 e. The number of amides is 2. The molecule has 0 fully saturated rings. The van der Waals surface area contributed by atoms with E-state index in [9.17, 15) is 22.8 Å². The van der Waals surface area contributed by atoms with Gasteiger partial charge in [0.2, 0.25) is 5.91 Å². The number of hydrogen-bond donors (Lipinski definition) is 2. The molecule has 0 saturated heterocycles. The first-order valence-corrected chi connectivity index (χ1v) is 7.35. The fourth-order valence-corrected chi connectivity index (χ4v) is 1.50. The van der Waals surface area contributed by atoms with Gasteiger partial charge in [-0.3, -0.25) is 9.69 Å². The Morgan fingerprint density at radius 3 is 2.29 bits per heavy atom. The molecule has 0 rings (SSSR count). The molecule has 0 aromatic rings. The van der Waals surface area contributed by atoms with Crippen molar-refractivity contribution in [3.8, 4) is 0 Å². The molecule has 24 heavy (non-hydrogen) atoms. The van der Waals surface area contributed by atoms with Crippen molar-refractivity contribution in [2.45, 2.75) is 45.1 Å². The van der Waals surface area contributed by atoms with Crippen molar-refractivity contribution in [1.29, 1.82) is 0 Å². The van der Waals surface area contributed by atoms with E-state index in [0.717, 1.165) is 4.90 Å². The van der Waals surface area contributed by atoms with Crippen molar-refractivity contribution in [3.63, 3.8) is 0 Å². The monoisotopic (exact) mass is 358 g/mol. The van der Waals surface area contributed by atoms with E-state index >= 15 is 0 Å². The van der Waals surface area contributed by atoms with Crippen LogP contribution in [0.4, 0.5) is 18.0 Å². The van der Waals surface area contributed by atoms with Crippen molar-refractivity contribution in [3.05, 3.63) is 0 Å². The molecule has 0 aliphatic carbocycles. The lowest BCUT2D eigenvalue weighted by Gasteiger charge is -2.27. The van der Waals surface area contributed by atoms with Gasteiger partial charge in [-0.25, -0.2) is 4.79 Å². The summed E-state index contributed by atoms with van der Waals surface area (Å²) < 4.78 is 46.4. The van der Waals surface area contributed by atoms with E-state index in [2.05, 4.69) is 5.32 Å². The molecule has 0 radical (unpaired) electrons. The molecular formula is C14H25F3N2O5. The van der Waals surface area contributed by atoms with Gasteiger partial charge < -0.3 is 19.9 Å². The van der Waals surface area contributed by atoms with Crippen LogP contribution in [0.2, 0.25) is 0 Å². The number of carbonyl (C=O) groups is 2. The van der Waals surface area contributed by atoms with E-state index in [1.165, 1.54) is 7.11 Å². The van der Waals surface area contributed by atoms with E-state index in [1.807, 2.05) is 0 Å². The minimum Gasteiger partial charge on any atom is -0.444 e. The van der Waals surface area contributed by atoms with Crippen LogP contribution in [0.1, 0.15) is 27.2 Å². The number of nitrogens with zero attached hydrogens (tertiary/aromatic N) is 1. The van der Waals surface area contributed by atoms with Gasteiger partial charge in [0, 0.05) is 20.2 Å². The molecule has 0 unspecified atom stereocenters. The summed E-state index contributed by atoms with van der Waals surface area (Å²) >= 11 is 0. The summed E-state index contributed by atoms with van der Waals surface area (Å²) in [4.78, 5) is 24.8. The van der Waals surface area contributed by atoms with E-state index in [0.29, 0.717) is 0 Å². The average Bonchev–Trinajstić information content (AvgIpc) is 2.40. The predicted molar refractivity (Wildman–Crippen MR) is 79.4 cm³/mol. The van der Waals surface area contributed by atoms with Crippen molar-refractivity contribution in [2.75, 3.05) is 33.4 Å². The second kappa shape index (κ2) is 9.67. The van der Waals surface area contributed by atoms with Crippen LogP contribution in [0, 0.1) is 0 Å².